The van der Waals surface area contributed by atoms with E-state index in [9.17, 15) is 0 Å². The first kappa shape index (κ1) is 11.3. The van der Waals surface area contributed by atoms with Crippen LogP contribution in [0.3, 0.4) is 0 Å². The molecule has 0 saturated heterocycles. The van der Waals surface area contributed by atoms with Crippen molar-refractivity contribution in [1.82, 2.24) is 9.78 Å². The summed E-state index contributed by atoms with van der Waals surface area (Å²) in [5.74, 6) is 0. The standard InChI is InChI=1S/C15H19N3/c1-18-13(9-11-17-18)8-7-12-4-2-6-15-14(12)5-3-10-16-15/h2,4,6,9,11,16H,3,5,7-8,10H2,1H3. The first-order valence-corrected chi connectivity index (χ1v) is 6.66. The van der Waals surface area contributed by atoms with Gasteiger partial charge in [0.2, 0.25) is 0 Å². The summed E-state index contributed by atoms with van der Waals surface area (Å²) in [6, 6.07) is 8.73. The summed E-state index contributed by atoms with van der Waals surface area (Å²) in [5, 5.41) is 7.71. The molecule has 0 aliphatic carbocycles. The van der Waals surface area contributed by atoms with Gasteiger partial charge in [0.05, 0.1) is 0 Å². The molecule has 3 nitrogen and oxygen atoms in total. The second-order valence-corrected chi connectivity index (χ2v) is 4.92. The molecule has 0 radical (unpaired) electrons. The van der Waals surface area contributed by atoms with Gasteiger partial charge in [0.1, 0.15) is 0 Å². The minimum absolute atomic E-state index is 1.06. The Labute approximate surface area is 108 Å². The predicted molar refractivity (Wildman–Crippen MR) is 73.9 cm³/mol. The minimum Gasteiger partial charge on any atom is -0.385 e. The van der Waals surface area contributed by atoms with Crippen molar-refractivity contribution in [3.8, 4) is 0 Å². The molecule has 2 heterocycles. The van der Waals surface area contributed by atoms with Crippen LogP contribution in [-0.2, 0) is 26.3 Å². The van der Waals surface area contributed by atoms with Gasteiger partial charge in [-0.15, -0.1) is 0 Å². The number of nitrogens with one attached hydrogen (secondary N) is 1. The quantitative estimate of drug-likeness (QED) is 0.895. The van der Waals surface area contributed by atoms with Crippen molar-refractivity contribution >= 4 is 5.69 Å². The third kappa shape index (κ3) is 2.13. The Balaban J connectivity index is 1.79. The number of aromatic nitrogens is 2. The molecule has 1 aliphatic heterocycles. The third-order valence-corrected chi connectivity index (χ3v) is 3.76. The molecule has 0 fully saturated rings. The Hall–Kier alpha value is -1.77. The van der Waals surface area contributed by atoms with Crippen LogP contribution in [0, 0.1) is 0 Å². The number of nitrogens with zero attached hydrogens (tertiary/aromatic N) is 2. The van der Waals surface area contributed by atoms with Crippen molar-refractivity contribution in [2.24, 2.45) is 7.05 Å². The normalized spacial score (nSPS) is 14.1. The molecule has 2 aromatic rings. The van der Waals surface area contributed by atoms with Crippen LogP contribution in [0.4, 0.5) is 5.69 Å². The van der Waals surface area contributed by atoms with Gasteiger partial charge in [-0.1, -0.05) is 12.1 Å². The maximum absolute atomic E-state index is 4.22. The summed E-state index contributed by atoms with van der Waals surface area (Å²) >= 11 is 0. The zero-order valence-corrected chi connectivity index (χ0v) is 10.8. The highest BCUT2D eigenvalue weighted by Gasteiger charge is 2.12. The van der Waals surface area contributed by atoms with Gasteiger partial charge in [0.15, 0.2) is 0 Å². The van der Waals surface area contributed by atoms with Gasteiger partial charge < -0.3 is 5.32 Å². The number of fused-ring (bicyclic) bond motifs is 1. The number of anilines is 1. The van der Waals surface area contributed by atoms with Gasteiger partial charge in [-0.3, -0.25) is 4.68 Å². The third-order valence-electron chi connectivity index (χ3n) is 3.76. The van der Waals surface area contributed by atoms with Crippen LogP contribution in [0.1, 0.15) is 23.2 Å². The van der Waals surface area contributed by atoms with Gasteiger partial charge in [0.25, 0.3) is 0 Å². The van der Waals surface area contributed by atoms with Crippen molar-refractivity contribution in [3.63, 3.8) is 0 Å². The molecule has 1 aliphatic rings. The number of benzene rings is 1. The van der Waals surface area contributed by atoms with Gasteiger partial charge in [0, 0.05) is 31.2 Å². The Morgan fingerprint density at radius 2 is 2.22 bits per heavy atom. The molecule has 3 rings (SSSR count). The zero-order chi connectivity index (χ0) is 12.4. The molecule has 0 amide bonds. The lowest BCUT2D eigenvalue weighted by atomic mass is 9.94. The van der Waals surface area contributed by atoms with E-state index in [4.69, 9.17) is 0 Å². The molecule has 94 valence electrons. The molecular formula is C15H19N3. The monoisotopic (exact) mass is 241 g/mol. The average Bonchev–Trinajstić information content (AvgIpc) is 2.82. The van der Waals surface area contributed by atoms with Crippen molar-refractivity contribution in [2.45, 2.75) is 25.7 Å². The van der Waals surface area contributed by atoms with E-state index >= 15 is 0 Å². The summed E-state index contributed by atoms with van der Waals surface area (Å²) in [6.45, 7) is 1.11. The Morgan fingerprint density at radius 3 is 3.06 bits per heavy atom. The zero-order valence-electron chi connectivity index (χ0n) is 10.8. The second kappa shape index (κ2) is 4.84. The van der Waals surface area contributed by atoms with Gasteiger partial charge in [-0.25, -0.2) is 0 Å². The summed E-state index contributed by atoms with van der Waals surface area (Å²) < 4.78 is 1.97. The molecule has 0 bridgehead atoms. The van der Waals surface area contributed by atoms with Gasteiger partial charge in [-0.05, 0) is 48.9 Å². The lowest BCUT2D eigenvalue weighted by Crippen LogP contribution is -2.14. The number of aryl methyl sites for hydroxylation is 3. The molecule has 0 unspecified atom stereocenters. The first-order valence-electron chi connectivity index (χ1n) is 6.66. The van der Waals surface area contributed by atoms with Gasteiger partial charge in [-0.2, -0.15) is 5.10 Å². The van der Waals surface area contributed by atoms with E-state index in [1.807, 2.05) is 17.9 Å². The van der Waals surface area contributed by atoms with Crippen LogP contribution in [0.5, 0.6) is 0 Å². The van der Waals surface area contributed by atoms with Crippen LogP contribution < -0.4 is 5.32 Å². The Bertz CT molecular complexity index is 542. The second-order valence-electron chi connectivity index (χ2n) is 4.92. The van der Waals surface area contributed by atoms with Crippen molar-refractivity contribution in [2.75, 3.05) is 11.9 Å². The van der Waals surface area contributed by atoms with E-state index in [0.29, 0.717) is 0 Å². The van der Waals surface area contributed by atoms with E-state index < -0.39 is 0 Å². The molecule has 0 atom stereocenters. The molecule has 0 saturated carbocycles. The molecule has 1 aromatic heterocycles. The number of hydrogen-bond donors (Lipinski definition) is 1. The van der Waals surface area contributed by atoms with Crippen LogP contribution in [0.15, 0.2) is 30.5 Å². The highest BCUT2D eigenvalue weighted by Crippen LogP contribution is 2.26. The summed E-state index contributed by atoms with van der Waals surface area (Å²) in [5.41, 5.74) is 5.65. The van der Waals surface area contributed by atoms with Crippen molar-refractivity contribution in [1.29, 1.82) is 0 Å². The number of rotatable bonds is 3. The van der Waals surface area contributed by atoms with Crippen molar-refractivity contribution < 1.29 is 0 Å². The molecule has 1 aromatic carbocycles. The van der Waals surface area contributed by atoms with E-state index in [2.05, 4.69) is 34.7 Å². The Morgan fingerprint density at radius 1 is 1.28 bits per heavy atom. The lowest BCUT2D eigenvalue weighted by Gasteiger charge is -2.21. The van der Waals surface area contributed by atoms with Crippen LogP contribution in [0.2, 0.25) is 0 Å². The lowest BCUT2D eigenvalue weighted by molar-refractivity contribution is 0.700. The van der Waals surface area contributed by atoms with Gasteiger partial charge >= 0.3 is 0 Å². The molecule has 0 spiro atoms. The SMILES string of the molecule is Cn1nccc1CCc1cccc2c1CCCN2. The van der Waals surface area contributed by atoms with E-state index in [1.165, 1.54) is 35.3 Å². The van der Waals surface area contributed by atoms with E-state index in [0.717, 1.165) is 19.4 Å². The fourth-order valence-electron chi connectivity index (χ4n) is 2.73. The minimum atomic E-state index is 1.06. The maximum atomic E-state index is 4.22. The van der Waals surface area contributed by atoms with Crippen LogP contribution >= 0.6 is 0 Å². The highest BCUT2D eigenvalue weighted by atomic mass is 15.2. The Kier molecular flexibility index (Phi) is 3.05. The molecule has 1 N–H and O–H groups in total. The predicted octanol–water partition coefficient (Wildman–Crippen LogP) is 2.56. The van der Waals surface area contributed by atoms with Crippen LogP contribution in [0.25, 0.3) is 0 Å². The van der Waals surface area contributed by atoms with Crippen molar-refractivity contribution in [3.05, 3.63) is 47.3 Å². The summed E-state index contributed by atoms with van der Waals surface area (Å²) in [6.07, 6.45) is 6.49. The molecule has 3 heteroatoms. The van der Waals surface area contributed by atoms with E-state index in [1.54, 1.807) is 0 Å². The average molecular weight is 241 g/mol. The molecule has 18 heavy (non-hydrogen) atoms. The van der Waals surface area contributed by atoms with E-state index in [-0.39, 0.29) is 0 Å². The molecular weight excluding hydrogens is 222 g/mol. The summed E-state index contributed by atoms with van der Waals surface area (Å²) in [7, 11) is 2.01. The first-order chi connectivity index (χ1) is 8.84. The smallest absolute Gasteiger partial charge is 0.0492 e. The fourth-order valence-corrected chi connectivity index (χ4v) is 2.73. The summed E-state index contributed by atoms with van der Waals surface area (Å²) in [4.78, 5) is 0. The topological polar surface area (TPSA) is 29.9 Å². The largest absolute Gasteiger partial charge is 0.385 e. The fraction of sp³-hybridized carbons (Fsp3) is 0.400. The maximum Gasteiger partial charge on any atom is 0.0492 e. The number of hydrogen-bond acceptors (Lipinski definition) is 2. The highest BCUT2D eigenvalue weighted by molar-refractivity contribution is 5.56. The van der Waals surface area contributed by atoms with Crippen LogP contribution in [-0.4, -0.2) is 16.3 Å².